The third-order valence-corrected chi connectivity index (χ3v) is 1.78. The van der Waals surface area contributed by atoms with E-state index in [1.54, 1.807) is 6.08 Å². The molecule has 0 aliphatic rings. The van der Waals surface area contributed by atoms with Crippen LogP contribution in [0.4, 0.5) is 0 Å². The molecule has 0 saturated carbocycles. The average Bonchev–Trinajstić information content (AvgIpc) is 2.08. The second-order valence-electron chi connectivity index (χ2n) is 3.03. The van der Waals surface area contributed by atoms with Crippen molar-refractivity contribution in [3.8, 4) is 0 Å². The minimum Gasteiger partial charge on any atom is -0.545 e. The summed E-state index contributed by atoms with van der Waals surface area (Å²) < 4.78 is 0. The van der Waals surface area contributed by atoms with Gasteiger partial charge in [0, 0.05) is 0 Å². The molecule has 1 aromatic rings. The highest BCUT2D eigenvalue weighted by Crippen LogP contribution is 2.07. The number of aryl methyl sites for hydroxylation is 1. The lowest BCUT2D eigenvalue weighted by Crippen LogP contribution is -2.22. The molecule has 0 spiro atoms. The molecule has 0 fully saturated rings. The van der Waals surface area contributed by atoms with E-state index in [9.17, 15) is 9.90 Å². The van der Waals surface area contributed by atoms with Gasteiger partial charge in [-0.25, -0.2) is 0 Å². The van der Waals surface area contributed by atoms with Gasteiger partial charge in [0.05, 0.1) is 5.97 Å². The number of hydrogen-bond donors (Lipinski definition) is 0. The lowest BCUT2D eigenvalue weighted by molar-refractivity contribution is -0.299. The Hall–Kier alpha value is -1.57. The van der Waals surface area contributed by atoms with Crippen LogP contribution in [0.25, 0.3) is 6.08 Å². The monoisotopic (exact) mass is 175 g/mol. The Morgan fingerprint density at radius 1 is 1.31 bits per heavy atom. The van der Waals surface area contributed by atoms with E-state index in [1.807, 2.05) is 31.2 Å². The Balaban J connectivity index is 2.92. The maximum atomic E-state index is 10.4. The quantitative estimate of drug-likeness (QED) is 0.632. The smallest absolute Gasteiger partial charge is 0.0672 e. The van der Waals surface area contributed by atoms with Gasteiger partial charge in [-0.3, -0.25) is 0 Å². The molecule has 13 heavy (non-hydrogen) atoms. The fourth-order valence-corrected chi connectivity index (χ4v) is 0.972. The number of carboxylic acids is 1. The zero-order chi connectivity index (χ0) is 9.84. The Morgan fingerprint density at radius 2 is 1.85 bits per heavy atom. The molecule has 0 radical (unpaired) electrons. The van der Waals surface area contributed by atoms with Gasteiger partial charge in [-0.1, -0.05) is 35.9 Å². The number of carbonyl (C=O) groups excluding carboxylic acids is 1. The van der Waals surface area contributed by atoms with Crippen molar-refractivity contribution in [3.63, 3.8) is 0 Å². The van der Waals surface area contributed by atoms with Crippen molar-refractivity contribution in [3.05, 3.63) is 41.0 Å². The highest BCUT2D eigenvalue weighted by atomic mass is 16.4. The maximum absolute atomic E-state index is 10.4. The fourth-order valence-electron chi connectivity index (χ4n) is 0.972. The molecule has 1 rings (SSSR count). The third-order valence-electron chi connectivity index (χ3n) is 1.78. The van der Waals surface area contributed by atoms with Crippen LogP contribution in [0.3, 0.4) is 0 Å². The van der Waals surface area contributed by atoms with Gasteiger partial charge in [-0.05, 0) is 25.0 Å². The van der Waals surface area contributed by atoms with Crippen LogP contribution in [0, 0.1) is 6.92 Å². The fraction of sp³-hybridized carbons (Fsp3) is 0.182. The van der Waals surface area contributed by atoms with Gasteiger partial charge in [-0.2, -0.15) is 0 Å². The van der Waals surface area contributed by atoms with E-state index in [4.69, 9.17) is 0 Å². The van der Waals surface area contributed by atoms with Crippen LogP contribution in [0.5, 0.6) is 0 Å². The molecule has 2 nitrogen and oxygen atoms in total. The lowest BCUT2D eigenvalue weighted by atomic mass is 10.1. The van der Waals surface area contributed by atoms with E-state index >= 15 is 0 Å². The van der Waals surface area contributed by atoms with E-state index in [-0.39, 0.29) is 5.57 Å². The number of hydrogen-bond acceptors (Lipinski definition) is 2. The topological polar surface area (TPSA) is 40.1 Å². The first-order valence-corrected chi connectivity index (χ1v) is 4.06. The van der Waals surface area contributed by atoms with Crippen molar-refractivity contribution in [1.29, 1.82) is 0 Å². The van der Waals surface area contributed by atoms with E-state index in [2.05, 4.69) is 0 Å². The predicted octanol–water partition coefficient (Wildman–Crippen LogP) is 1.15. The number of carboxylic acid groups (broad SMARTS) is 1. The Bertz CT molecular complexity index is 334. The first-order chi connectivity index (χ1) is 6.09. The first-order valence-electron chi connectivity index (χ1n) is 4.06. The van der Waals surface area contributed by atoms with Crippen molar-refractivity contribution in [2.45, 2.75) is 13.8 Å². The first kappa shape index (κ1) is 9.52. The molecule has 0 unspecified atom stereocenters. The average molecular weight is 175 g/mol. The molecule has 0 atom stereocenters. The van der Waals surface area contributed by atoms with Gasteiger partial charge in [0.15, 0.2) is 0 Å². The molecule has 0 amide bonds. The Labute approximate surface area is 77.5 Å². The molecule has 0 N–H and O–H groups in total. The predicted molar refractivity (Wildman–Crippen MR) is 49.8 cm³/mol. The zero-order valence-corrected chi connectivity index (χ0v) is 7.70. The zero-order valence-electron chi connectivity index (χ0n) is 7.70. The summed E-state index contributed by atoms with van der Waals surface area (Å²) in [7, 11) is 0. The van der Waals surface area contributed by atoms with Crippen LogP contribution in [-0.2, 0) is 4.79 Å². The minimum atomic E-state index is -1.12. The third kappa shape index (κ3) is 2.75. The van der Waals surface area contributed by atoms with Crippen molar-refractivity contribution >= 4 is 12.0 Å². The molecule has 0 aliphatic carbocycles. The standard InChI is InChI=1S/C11H12O2/c1-8-3-5-10(6-4-8)7-9(2)11(12)13/h3-7H,1-2H3,(H,12,13)/p-1/b9-7+. The van der Waals surface area contributed by atoms with Crippen LogP contribution in [-0.4, -0.2) is 5.97 Å². The number of aliphatic carboxylic acids is 1. The van der Waals surface area contributed by atoms with Gasteiger partial charge in [0.2, 0.25) is 0 Å². The van der Waals surface area contributed by atoms with Crippen molar-refractivity contribution in [2.24, 2.45) is 0 Å². The maximum Gasteiger partial charge on any atom is 0.0672 e. The molecular weight excluding hydrogens is 164 g/mol. The molecule has 0 heterocycles. The summed E-state index contributed by atoms with van der Waals surface area (Å²) in [5.74, 6) is -1.12. The van der Waals surface area contributed by atoms with Crippen LogP contribution in [0.15, 0.2) is 29.8 Å². The minimum absolute atomic E-state index is 0.240. The summed E-state index contributed by atoms with van der Waals surface area (Å²) in [6.45, 7) is 3.51. The molecular formula is C11H11O2-. The number of rotatable bonds is 2. The van der Waals surface area contributed by atoms with Gasteiger partial charge >= 0.3 is 0 Å². The molecule has 0 aromatic heterocycles. The summed E-state index contributed by atoms with van der Waals surface area (Å²) in [6.07, 6.45) is 1.59. The molecule has 0 aliphatic heterocycles. The Morgan fingerprint density at radius 3 is 2.31 bits per heavy atom. The van der Waals surface area contributed by atoms with Crippen molar-refractivity contribution < 1.29 is 9.90 Å². The van der Waals surface area contributed by atoms with Gasteiger partial charge in [0.1, 0.15) is 0 Å². The normalized spacial score (nSPS) is 11.4. The van der Waals surface area contributed by atoms with Crippen LogP contribution in [0.2, 0.25) is 0 Å². The highest BCUT2D eigenvalue weighted by Gasteiger charge is 1.91. The second kappa shape index (κ2) is 3.90. The summed E-state index contributed by atoms with van der Waals surface area (Å²) in [4.78, 5) is 10.4. The van der Waals surface area contributed by atoms with Gasteiger partial charge < -0.3 is 9.90 Å². The van der Waals surface area contributed by atoms with Gasteiger partial charge in [-0.15, -0.1) is 0 Å². The largest absolute Gasteiger partial charge is 0.545 e. The second-order valence-corrected chi connectivity index (χ2v) is 3.03. The van der Waals surface area contributed by atoms with Gasteiger partial charge in [0.25, 0.3) is 0 Å². The number of carbonyl (C=O) groups is 1. The molecule has 0 bridgehead atoms. The van der Waals surface area contributed by atoms with E-state index in [1.165, 1.54) is 6.92 Å². The summed E-state index contributed by atoms with van der Waals surface area (Å²) >= 11 is 0. The van der Waals surface area contributed by atoms with Crippen LogP contribution in [0.1, 0.15) is 18.1 Å². The van der Waals surface area contributed by atoms with Crippen LogP contribution >= 0.6 is 0 Å². The highest BCUT2D eigenvalue weighted by molar-refractivity contribution is 5.89. The summed E-state index contributed by atoms with van der Waals surface area (Å²) in [5, 5.41) is 10.4. The van der Waals surface area contributed by atoms with Crippen molar-refractivity contribution in [2.75, 3.05) is 0 Å². The number of benzene rings is 1. The summed E-state index contributed by atoms with van der Waals surface area (Å²) in [6, 6.07) is 7.63. The van der Waals surface area contributed by atoms with E-state index in [0.717, 1.165) is 11.1 Å². The van der Waals surface area contributed by atoms with E-state index in [0.29, 0.717) is 0 Å². The van der Waals surface area contributed by atoms with E-state index < -0.39 is 5.97 Å². The molecule has 68 valence electrons. The summed E-state index contributed by atoms with van der Waals surface area (Å²) in [5.41, 5.74) is 2.28. The molecule has 2 heteroatoms. The molecule has 0 saturated heterocycles. The lowest BCUT2D eigenvalue weighted by Gasteiger charge is -2.01. The Kier molecular flexibility index (Phi) is 2.85. The molecule has 1 aromatic carbocycles. The SMILES string of the molecule is C/C(=C\c1ccc(C)cc1)C(=O)[O-]. The van der Waals surface area contributed by atoms with Crippen LogP contribution < -0.4 is 5.11 Å². The van der Waals surface area contributed by atoms with Crippen molar-refractivity contribution in [1.82, 2.24) is 0 Å².